The number of hydrogen-bond donors (Lipinski definition) is 2. The van der Waals surface area contributed by atoms with E-state index < -0.39 is 6.04 Å². The van der Waals surface area contributed by atoms with Gasteiger partial charge in [-0.25, -0.2) is 0 Å². The summed E-state index contributed by atoms with van der Waals surface area (Å²) in [5.74, 6) is 0.650. The van der Waals surface area contributed by atoms with E-state index in [1.54, 1.807) is 19.2 Å². The van der Waals surface area contributed by atoms with Crippen molar-refractivity contribution in [2.45, 2.75) is 51.5 Å². The number of nitrogens with one attached hydrogen (secondary N) is 2. The molecule has 2 amide bonds. The van der Waals surface area contributed by atoms with E-state index in [0.717, 1.165) is 12.8 Å². The van der Waals surface area contributed by atoms with Crippen molar-refractivity contribution in [3.05, 3.63) is 18.5 Å². The first-order valence-corrected chi connectivity index (χ1v) is 8.18. The van der Waals surface area contributed by atoms with Crippen LogP contribution in [0.1, 0.15) is 45.4 Å². The van der Waals surface area contributed by atoms with Crippen molar-refractivity contribution in [3.63, 3.8) is 0 Å². The van der Waals surface area contributed by atoms with Gasteiger partial charge in [-0.3, -0.25) is 14.6 Å². The highest BCUT2D eigenvalue weighted by atomic mass is 16.5. The summed E-state index contributed by atoms with van der Waals surface area (Å²) in [5, 5.41) is 5.50. The molecular formula is C17H25N3O3. The standard InChI is InChI=1S/C17H25N3O3/c1-12(19-16(21)10-13-6-4-3-5-7-13)17(22)20-14-11-18-9-8-15(14)23-2/h8-9,11-13H,3-7,10H2,1-2H3,(H,19,21)(H,20,22). The molecule has 2 rings (SSSR count). The van der Waals surface area contributed by atoms with Gasteiger partial charge in [0.15, 0.2) is 0 Å². The number of rotatable bonds is 6. The maximum atomic E-state index is 12.2. The highest BCUT2D eigenvalue weighted by molar-refractivity contribution is 5.97. The molecule has 6 heteroatoms. The van der Waals surface area contributed by atoms with Crippen LogP contribution in [-0.4, -0.2) is 29.9 Å². The van der Waals surface area contributed by atoms with Gasteiger partial charge in [-0.2, -0.15) is 0 Å². The molecule has 0 bridgehead atoms. The summed E-state index contributed by atoms with van der Waals surface area (Å²) in [7, 11) is 1.53. The number of methoxy groups -OCH3 is 1. The fourth-order valence-corrected chi connectivity index (χ4v) is 2.91. The van der Waals surface area contributed by atoms with Gasteiger partial charge in [0.1, 0.15) is 17.5 Å². The largest absolute Gasteiger partial charge is 0.494 e. The summed E-state index contributed by atoms with van der Waals surface area (Å²) >= 11 is 0. The first-order chi connectivity index (χ1) is 11.1. The molecule has 0 spiro atoms. The van der Waals surface area contributed by atoms with Gasteiger partial charge in [0.2, 0.25) is 11.8 Å². The van der Waals surface area contributed by atoms with Gasteiger partial charge in [-0.1, -0.05) is 19.3 Å². The number of pyridine rings is 1. The molecule has 126 valence electrons. The van der Waals surface area contributed by atoms with Crippen LogP contribution in [0.4, 0.5) is 5.69 Å². The summed E-state index contributed by atoms with van der Waals surface area (Å²) in [5.41, 5.74) is 0.494. The SMILES string of the molecule is COc1ccncc1NC(=O)C(C)NC(=O)CC1CCCCC1. The van der Waals surface area contributed by atoms with E-state index in [4.69, 9.17) is 4.74 Å². The van der Waals surface area contributed by atoms with Crippen LogP contribution in [0.15, 0.2) is 18.5 Å². The Morgan fingerprint density at radius 1 is 1.35 bits per heavy atom. The first-order valence-electron chi connectivity index (χ1n) is 8.18. The zero-order valence-corrected chi connectivity index (χ0v) is 13.8. The molecule has 23 heavy (non-hydrogen) atoms. The lowest BCUT2D eigenvalue weighted by molar-refractivity contribution is -0.127. The van der Waals surface area contributed by atoms with Crippen LogP contribution < -0.4 is 15.4 Å². The van der Waals surface area contributed by atoms with Crippen LogP contribution in [-0.2, 0) is 9.59 Å². The second-order valence-electron chi connectivity index (χ2n) is 6.06. The Hall–Kier alpha value is -2.11. The van der Waals surface area contributed by atoms with E-state index in [1.807, 2.05) is 0 Å². The number of aromatic nitrogens is 1. The number of anilines is 1. The number of hydrogen-bond acceptors (Lipinski definition) is 4. The lowest BCUT2D eigenvalue weighted by atomic mass is 9.87. The van der Waals surface area contributed by atoms with Gasteiger partial charge in [0.25, 0.3) is 0 Å². The lowest BCUT2D eigenvalue weighted by Gasteiger charge is -2.22. The van der Waals surface area contributed by atoms with E-state index in [9.17, 15) is 9.59 Å². The molecule has 1 aromatic heterocycles. The molecule has 1 aliphatic carbocycles. The first kappa shape index (κ1) is 17.2. The molecule has 1 unspecified atom stereocenters. The van der Waals surface area contributed by atoms with Crippen LogP contribution >= 0.6 is 0 Å². The van der Waals surface area contributed by atoms with Gasteiger partial charge in [-0.15, -0.1) is 0 Å². The van der Waals surface area contributed by atoms with Crippen molar-refractivity contribution in [1.82, 2.24) is 10.3 Å². The Labute approximate surface area is 137 Å². The monoisotopic (exact) mass is 319 g/mol. The van der Waals surface area contributed by atoms with Crippen molar-refractivity contribution in [2.75, 3.05) is 12.4 Å². The quantitative estimate of drug-likeness (QED) is 0.844. The fraction of sp³-hybridized carbons (Fsp3) is 0.588. The molecule has 0 aliphatic heterocycles. The molecule has 6 nitrogen and oxygen atoms in total. The molecular weight excluding hydrogens is 294 g/mol. The molecule has 1 fully saturated rings. The summed E-state index contributed by atoms with van der Waals surface area (Å²) in [4.78, 5) is 28.2. The van der Waals surface area contributed by atoms with E-state index in [2.05, 4.69) is 15.6 Å². The number of carbonyl (C=O) groups is 2. The zero-order valence-electron chi connectivity index (χ0n) is 13.8. The predicted octanol–water partition coefficient (Wildman–Crippen LogP) is 2.50. The molecule has 0 radical (unpaired) electrons. The maximum Gasteiger partial charge on any atom is 0.246 e. The van der Waals surface area contributed by atoms with Gasteiger partial charge in [0, 0.05) is 18.7 Å². The van der Waals surface area contributed by atoms with Gasteiger partial charge in [0.05, 0.1) is 13.3 Å². The Morgan fingerprint density at radius 2 is 2.09 bits per heavy atom. The normalized spacial score (nSPS) is 16.4. The summed E-state index contributed by atoms with van der Waals surface area (Å²) in [6.07, 6.45) is 9.51. The van der Waals surface area contributed by atoms with Crippen molar-refractivity contribution in [3.8, 4) is 5.75 Å². The Balaban J connectivity index is 1.83. The molecule has 1 aliphatic rings. The van der Waals surface area contributed by atoms with Crippen LogP contribution in [0, 0.1) is 5.92 Å². The highest BCUT2D eigenvalue weighted by Crippen LogP contribution is 2.26. The number of carbonyl (C=O) groups excluding carboxylic acids is 2. The molecule has 0 saturated heterocycles. The van der Waals surface area contributed by atoms with Crippen molar-refractivity contribution < 1.29 is 14.3 Å². The maximum absolute atomic E-state index is 12.2. The Morgan fingerprint density at radius 3 is 2.78 bits per heavy atom. The molecule has 0 aromatic carbocycles. The molecule has 1 saturated carbocycles. The minimum absolute atomic E-state index is 0.0577. The van der Waals surface area contributed by atoms with Crippen LogP contribution in [0.3, 0.4) is 0 Å². The minimum atomic E-state index is -0.601. The number of amides is 2. The van der Waals surface area contributed by atoms with E-state index in [-0.39, 0.29) is 11.8 Å². The average Bonchev–Trinajstić information content (AvgIpc) is 2.56. The Kier molecular flexibility index (Phi) is 6.38. The summed E-state index contributed by atoms with van der Waals surface area (Å²) in [6.45, 7) is 1.68. The summed E-state index contributed by atoms with van der Waals surface area (Å²) < 4.78 is 5.17. The van der Waals surface area contributed by atoms with Crippen molar-refractivity contribution in [2.24, 2.45) is 5.92 Å². The highest BCUT2D eigenvalue weighted by Gasteiger charge is 2.21. The molecule has 1 atom stereocenters. The molecule has 2 N–H and O–H groups in total. The van der Waals surface area contributed by atoms with E-state index in [1.165, 1.54) is 32.6 Å². The predicted molar refractivity (Wildman–Crippen MR) is 88.2 cm³/mol. The van der Waals surface area contributed by atoms with Gasteiger partial charge < -0.3 is 15.4 Å². The Bertz CT molecular complexity index is 542. The van der Waals surface area contributed by atoms with E-state index in [0.29, 0.717) is 23.8 Å². The van der Waals surface area contributed by atoms with Crippen LogP contribution in [0.25, 0.3) is 0 Å². The summed E-state index contributed by atoms with van der Waals surface area (Å²) in [6, 6.07) is 1.07. The topological polar surface area (TPSA) is 80.3 Å². The third-order valence-electron chi connectivity index (χ3n) is 4.23. The average molecular weight is 319 g/mol. The second kappa shape index (κ2) is 8.50. The van der Waals surface area contributed by atoms with Crippen molar-refractivity contribution >= 4 is 17.5 Å². The van der Waals surface area contributed by atoms with Crippen LogP contribution in [0.2, 0.25) is 0 Å². The zero-order chi connectivity index (χ0) is 16.7. The van der Waals surface area contributed by atoms with Crippen LogP contribution in [0.5, 0.6) is 5.75 Å². The fourth-order valence-electron chi connectivity index (χ4n) is 2.91. The lowest BCUT2D eigenvalue weighted by Crippen LogP contribution is -2.42. The third-order valence-corrected chi connectivity index (χ3v) is 4.23. The second-order valence-corrected chi connectivity index (χ2v) is 6.06. The van der Waals surface area contributed by atoms with Gasteiger partial charge in [-0.05, 0) is 25.7 Å². The van der Waals surface area contributed by atoms with E-state index >= 15 is 0 Å². The molecule has 1 heterocycles. The molecule has 1 aromatic rings. The van der Waals surface area contributed by atoms with Gasteiger partial charge >= 0.3 is 0 Å². The minimum Gasteiger partial charge on any atom is -0.494 e. The smallest absolute Gasteiger partial charge is 0.246 e. The third kappa shape index (κ3) is 5.23. The van der Waals surface area contributed by atoms with Crippen molar-refractivity contribution in [1.29, 1.82) is 0 Å². The number of ether oxygens (including phenoxy) is 1. The number of nitrogens with zero attached hydrogens (tertiary/aromatic N) is 1.